The first-order valence-electron chi connectivity index (χ1n) is 7.81. The largest absolute Gasteiger partial charge is 0.338 e. The van der Waals surface area contributed by atoms with Gasteiger partial charge >= 0.3 is 0 Å². The van der Waals surface area contributed by atoms with E-state index in [1.807, 2.05) is 59.7 Å². The second kappa shape index (κ2) is 5.51. The number of hydrogen-bond acceptors (Lipinski definition) is 7. The smallest absolute Gasteiger partial charge is 0.232 e. The fourth-order valence-electron chi connectivity index (χ4n) is 1.95. The van der Waals surface area contributed by atoms with Gasteiger partial charge in [-0.1, -0.05) is 57.9 Å². The van der Waals surface area contributed by atoms with Crippen molar-refractivity contribution in [3.63, 3.8) is 0 Å². The van der Waals surface area contributed by atoms with Crippen molar-refractivity contribution in [2.24, 2.45) is 0 Å². The van der Waals surface area contributed by atoms with E-state index in [1.54, 1.807) is 0 Å². The van der Waals surface area contributed by atoms with Gasteiger partial charge in [-0.3, -0.25) is 0 Å². The Hall–Kier alpha value is -2.57. The second-order valence-electron chi connectivity index (χ2n) is 7.75. The predicted molar refractivity (Wildman–Crippen MR) is 88.2 cm³/mol. The summed E-state index contributed by atoms with van der Waals surface area (Å²) in [5.74, 6) is 2.03. The number of rotatable bonds is 2. The highest BCUT2D eigenvalue weighted by Gasteiger charge is 2.24. The third-order valence-electron chi connectivity index (χ3n) is 3.34. The number of hydrogen-bond donors (Lipinski definition) is 0. The zero-order chi connectivity index (χ0) is 17.5. The van der Waals surface area contributed by atoms with E-state index < -0.39 is 0 Å². The van der Waals surface area contributed by atoms with Gasteiger partial charge in [-0.2, -0.15) is 9.97 Å². The molecule has 0 bridgehead atoms. The van der Waals surface area contributed by atoms with E-state index in [2.05, 4.69) is 25.3 Å². The lowest BCUT2D eigenvalue weighted by Gasteiger charge is -2.10. The first kappa shape index (κ1) is 16.3. The van der Waals surface area contributed by atoms with Crippen LogP contribution < -0.4 is 0 Å². The second-order valence-corrected chi connectivity index (χ2v) is 7.75. The number of nitrogens with zero attached hydrogens (tertiary/aromatic N) is 5. The van der Waals surface area contributed by atoms with E-state index in [-0.39, 0.29) is 10.8 Å². The van der Waals surface area contributed by atoms with Crippen LogP contribution >= 0.6 is 0 Å². The maximum absolute atomic E-state index is 5.33. The van der Waals surface area contributed by atoms with Crippen molar-refractivity contribution >= 4 is 0 Å². The monoisotopic (exact) mass is 327 g/mol. The molecule has 7 heteroatoms. The minimum Gasteiger partial charge on any atom is -0.338 e. The van der Waals surface area contributed by atoms with E-state index in [9.17, 15) is 0 Å². The highest BCUT2D eigenvalue weighted by atomic mass is 16.5. The normalized spacial score (nSPS) is 12.6. The van der Waals surface area contributed by atoms with Gasteiger partial charge in [0.1, 0.15) is 11.4 Å². The van der Waals surface area contributed by atoms with E-state index in [1.165, 1.54) is 0 Å². The number of pyridine rings is 1. The highest BCUT2D eigenvalue weighted by molar-refractivity contribution is 5.56. The van der Waals surface area contributed by atoms with Crippen molar-refractivity contribution in [2.45, 2.75) is 52.4 Å². The van der Waals surface area contributed by atoms with Crippen LogP contribution in [0.2, 0.25) is 0 Å². The first-order chi connectivity index (χ1) is 11.1. The van der Waals surface area contributed by atoms with Crippen molar-refractivity contribution in [1.29, 1.82) is 0 Å². The van der Waals surface area contributed by atoms with Gasteiger partial charge in [0, 0.05) is 10.8 Å². The molecular weight excluding hydrogens is 306 g/mol. The average Bonchev–Trinajstić information content (AvgIpc) is 3.16. The molecule has 0 fully saturated rings. The Labute approximate surface area is 140 Å². The van der Waals surface area contributed by atoms with Gasteiger partial charge < -0.3 is 9.05 Å². The van der Waals surface area contributed by atoms with Crippen LogP contribution in [0.25, 0.3) is 23.0 Å². The summed E-state index contributed by atoms with van der Waals surface area (Å²) in [4.78, 5) is 13.4. The molecule has 0 amide bonds. The molecule has 0 N–H and O–H groups in total. The highest BCUT2D eigenvalue weighted by Crippen LogP contribution is 2.26. The molecule has 0 saturated heterocycles. The molecule has 0 aromatic carbocycles. The Morgan fingerprint density at radius 2 is 1.08 bits per heavy atom. The minimum atomic E-state index is -0.210. The van der Waals surface area contributed by atoms with Crippen LogP contribution in [0, 0.1) is 0 Å². The quantitative estimate of drug-likeness (QED) is 0.707. The van der Waals surface area contributed by atoms with Crippen LogP contribution in [0.3, 0.4) is 0 Å². The summed E-state index contributed by atoms with van der Waals surface area (Å²) >= 11 is 0. The lowest BCUT2D eigenvalue weighted by molar-refractivity contribution is 0.321. The van der Waals surface area contributed by atoms with Crippen LogP contribution in [0.5, 0.6) is 0 Å². The van der Waals surface area contributed by atoms with Crippen molar-refractivity contribution < 1.29 is 9.05 Å². The molecule has 7 nitrogen and oxygen atoms in total. The maximum atomic E-state index is 5.33. The molecular formula is C17H21N5O2. The molecule has 3 heterocycles. The molecule has 0 saturated carbocycles. The van der Waals surface area contributed by atoms with Gasteiger partial charge in [0.25, 0.3) is 0 Å². The summed E-state index contributed by atoms with van der Waals surface area (Å²) in [5.41, 5.74) is 0.790. The Morgan fingerprint density at radius 1 is 0.667 bits per heavy atom. The van der Waals surface area contributed by atoms with Crippen molar-refractivity contribution in [3.05, 3.63) is 30.0 Å². The molecule has 0 atom stereocenters. The minimum absolute atomic E-state index is 0.210. The Kier molecular flexibility index (Phi) is 3.74. The zero-order valence-corrected chi connectivity index (χ0v) is 14.8. The molecule has 3 aromatic heterocycles. The third-order valence-corrected chi connectivity index (χ3v) is 3.34. The van der Waals surface area contributed by atoms with E-state index in [0.717, 1.165) is 0 Å². The first-order valence-corrected chi connectivity index (χ1v) is 7.81. The van der Waals surface area contributed by atoms with Crippen molar-refractivity contribution in [2.75, 3.05) is 0 Å². The molecule has 0 aliphatic carbocycles. The Balaban J connectivity index is 1.95. The molecule has 0 unspecified atom stereocenters. The maximum Gasteiger partial charge on any atom is 0.232 e. The standard InChI is InChI=1S/C17H21N5O2/c1-16(2,3)14-19-12(21-23-14)10-8-7-9-11(18-10)13-20-15(24-22-13)17(4,5)6/h7-9H,1-6H3. The molecule has 3 aromatic rings. The predicted octanol–water partition coefficient (Wildman–Crippen LogP) is 3.78. The van der Waals surface area contributed by atoms with Gasteiger partial charge in [0.05, 0.1) is 0 Å². The van der Waals surface area contributed by atoms with Gasteiger partial charge in [-0.15, -0.1) is 0 Å². The molecule has 0 spiro atoms. The summed E-state index contributed by atoms with van der Waals surface area (Å²) < 4.78 is 10.7. The van der Waals surface area contributed by atoms with Crippen LogP contribution in [-0.2, 0) is 10.8 Å². The molecule has 0 aliphatic heterocycles. The summed E-state index contributed by atoms with van der Waals surface area (Å²) in [6.45, 7) is 12.1. The van der Waals surface area contributed by atoms with Crippen molar-refractivity contribution in [3.8, 4) is 23.0 Å². The van der Waals surface area contributed by atoms with Gasteiger partial charge in [0.15, 0.2) is 0 Å². The lowest BCUT2D eigenvalue weighted by Crippen LogP contribution is -2.11. The topological polar surface area (TPSA) is 90.7 Å². The molecule has 0 aliphatic rings. The molecule has 3 rings (SSSR count). The third kappa shape index (κ3) is 3.20. The van der Waals surface area contributed by atoms with Crippen LogP contribution in [0.1, 0.15) is 53.3 Å². The zero-order valence-electron chi connectivity index (χ0n) is 14.8. The fraction of sp³-hybridized carbons (Fsp3) is 0.471. The average molecular weight is 327 g/mol. The SMILES string of the molecule is CC(C)(C)c1nc(-c2cccc(-c3noc(C(C)(C)C)n3)n2)no1. The van der Waals surface area contributed by atoms with Gasteiger partial charge in [-0.05, 0) is 12.1 Å². The summed E-state index contributed by atoms with van der Waals surface area (Å²) in [6.07, 6.45) is 0. The van der Waals surface area contributed by atoms with Gasteiger partial charge in [-0.25, -0.2) is 4.98 Å². The van der Waals surface area contributed by atoms with Gasteiger partial charge in [0.2, 0.25) is 23.4 Å². The number of aromatic nitrogens is 5. The molecule has 24 heavy (non-hydrogen) atoms. The van der Waals surface area contributed by atoms with E-state index >= 15 is 0 Å². The fourth-order valence-corrected chi connectivity index (χ4v) is 1.95. The summed E-state index contributed by atoms with van der Waals surface area (Å²) in [7, 11) is 0. The van der Waals surface area contributed by atoms with Crippen LogP contribution in [0.15, 0.2) is 27.2 Å². The summed E-state index contributed by atoms with van der Waals surface area (Å²) in [5, 5.41) is 8.04. The van der Waals surface area contributed by atoms with E-state index in [0.29, 0.717) is 34.8 Å². The van der Waals surface area contributed by atoms with Crippen LogP contribution in [0.4, 0.5) is 0 Å². The van der Waals surface area contributed by atoms with Crippen molar-refractivity contribution in [1.82, 2.24) is 25.3 Å². The van der Waals surface area contributed by atoms with E-state index in [4.69, 9.17) is 9.05 Å². The molecule has 0 radical (unpaired) electrons. The Bertz CT molecular complexity index is 785. The summed E-state index contributed by atoms with van der Waals surface area (Å²) in [6, 6.07) is 5.51. The Morgan fingerprint density at radius 3 is 1.42 bits per heavy atom. The van der Waals surface area contributed by atoms with Crippen LogP contribution in [-0.4, -0.2) is 25.3 Å². The lowest BCUT2D eigenvalue weighted by atomic mass is 9.97. The molecule has 126 valence electrons.